The Kier molecular flexibility index (Phi) is 4.12. The van der Waals surface area contributed by atoms with Crippen LogP contribution >= 0.6 is 0 Å². The van der Waals surface area contributed by atoms with Gasteiger partial charge in [-0.2, -0.15) is 0 Å². The highest BCUT2D eigenvalue weighted by molar-refractivity contribution is 5.97. The maximum atomic E-state index is 12.0. The van der Waals surface area contributed by atoms with E-state index in [-0.39, 0.29) is 0 Å². The minimum atomic E-state index is -0.845. The predicted molar refractivity (Wildman–Crippen MR) is 100 cm³/mol. The Hall–Kier alpha value is -2.49. The average Bonchev–Trinajstić information content (AvgIpc) is 3.26. The first-order valence-electron chi connectivity index (χ1n) is 9.25. The molecule has 1 aliphatic rings. The van der Waals surface area contributed by atoms with Crippen LogP contribution < -0.4 is 0 Å². The fourth-order valence-corrected chi connectivity index (χ4v) is 4.46. The monoisotopic (exact) mass is 336 g/mol. The number of hydrogen-bond donors (Lipinski definition) is 3. The van der Waals surface area contributed by atoms with Crippen LogP contribution in [0.1, 0.15) is 66.6 Å². The molecule has 0 atom stereocenters. The first-order chi connectivity index (χ1) is 12.2. The van der Waals surface area contributed by atoms with Gasteiger partial charge in [0.2, 0.25) is 0 Å². The maximum Gasteiger partial charge on any atom is 0.352 e. The van der Waals surface area contributed by atoms with Gasteiger partial charge >= 0.3 is 5.97 Å². The molecule has 130 valence electrons. The van der Waals surface area contributed by atoms with Gasteiger partial charge < -0.3 is 15.1 Å². The van der Waals surface area contributed by atoms with Gasteiger partial charge in [-0.25, -0.2) is 4.79 Å². The van der Waals surface area contributed by atoms with E-state index in [4.69, 9.17) is 0 Å². The van der Waals surface area contributed by atoms with Crippen LogP contribution in [-0.2, 0) is 6.42 Å². The van der Waals surface area contributed by atoms with Crippen molar-refractivity contribution in [2.75, 3.05) is 0 Å². The van der Waals surface area contributed by atoms with Gasteiger partial charge in [-0.3, -0.25) is 0 Å². The molecule has 3 aromatic rings. The van der Waals surface area contributed by atoms with Gasteiger partial charge in [-0.05, 0) is 48.4 Å². The highest BCUT2D eigenvalue weighted by Crippen LogP contribution is 2.41. The van der Waals surface area contributed by atoms with Crippen LogP contribution in [0.15, 0.2) is 30.5 Å². The first kappa shape index (κ1) is 16.0. The van der Waals surface area contributed by atoms with E-state index in [0.717, 1.165) is 47.0 Å². The van der Waals surface area contributed by atoms with Crippen LogP contribution in [0.4, 0.5) is 0 Å². The largest absolute Gasteiger partial charge is 0.477 e. The fraction of sp³-hybridized carbons (Fsp3) is 0.381. The van der Waals surface area contributed by atoms with Crippen molar-refractivity contribution in [2.45, 2.75) is 51.4 Å². The lowest BCUT2D eigenvalue weighted by Gasteiger charge is -2.23. The smallest absolute Gasteiger partial charge is 0.352 e. The number of hydrogen-bond acceptors (Lipinski definition) is 1. The zero-order chi connectivity index (χ0) is 17.4. The number of aromatic amines is 2. The molecule has 1 aliphatic carbocycles. The van der Waals surface area contributed by atoms with Crippen molar-refractivity contribution in [1.82, 2.24) is 9.97 Å². The predicted octanol–water partition coefficient (Wildman–Crippen LogP) is 5.47. The Bertz CT molecular complexity index is 913. The zero-order valence-corrected chi connectivity index (χ0v) is 14.6. The first-order valence-corrected chi connectivity index (χ1v) is 9.25. The van der Waals surface area contributed by atoms with Crippen molar-refractivity contribution in [2.24, 2.45) is 0 Å². The molecule has 0 saturated heterocycles. The lowest BCUT2D eigenvalue weighted by atomic mass is 9.81. The van der Waals surface area contributed by atoms with Gasteiger partial charge in [-0.1, -0.05) is 38.3 Å². The molecular weight excluding hydrogens is 312 g/mol. The molecule has 0 radical (unpaired) electrons. The number of H-pyrrole nitrogens is 2. The zero-order valence-electron chi connectivity index (χ0n) is 14.6. The molecule has 1 aromatic carbocycles. The van der Waals surface area contributed by atoms with E-state index in [0.29, 0.717) is 11.6 Å². The number of fused-ring (bicyclic) bond motifs is 1. The number of carboxylic acid groups (broad SMARTS) is 1. The van der Waals surface area contributed by atoms with E-state index in [1.165, 1.54) is 24.8 Å². The summed E-state index contributed by atoms with van der Waals surface area (Å²) in [5.74, 6) is -0.479. The summed E-state index contributed by atoms with van der Waals surface area (Å²) in [4.78, 5) is 18.5. The van der Waals surface area contributed by atoms with E-state index >= 15 is 0 Å². The van der Waals surface area contributed by atoms with Gasteiger partial charge in [0.05, 0.1) is 5.69 Å². The number of carbonyl (C=O) groups is 1. The van der Waals surface area contributed by atoms with Crippen molar-refractivity contribution in [3.05, 3.63) is 47.3 Å². The van der Waals surface area contributed by atoms with E-state index in [1.54, 1.807) is 0 Å². The molecule has 1 fully saturated rings. The molecule has 4 nitrogen and oxygen atoms in total. The molecule has 2 aromatic heterocycles. The third-order valence-corrected chi connectivity index (χ3v) is 5.59. The molecule has 0 amide bonds. The van der Waals surface area contributed by atoms with Crippen LogP contribution in [0.25, 0.3) is 22.2 Å². The third kappa shape index (κ3) is 2.66. The number of aromatic nitrogens is 2. The standard InChI is InChI=1S/C21H24N2O2/c1-2-14-18(13-7-4-3-5-8-13)20(21(24)25)23-19(14)16-9-6-10-17-15(16)11-12-22-17/h6,9-13,22-23H,2-5,7-8H2,1H3,(H,24,25). The van der Waals surface area contributed by atoms with Crippen LogP contribution in [0, 0.1) is 0 Å². The summed E-state index contributed by atoms with van der Waals surface area (Å²) < 4.78 is 0. The Morgan fingerprint density at radius 3 is 2.72 bits per heavy atom. The van der Waals surface area contributed by atoms with Gasteiger partial charge in [0, 0.05) is 22.7 Å². The van der Waals surface area contributed by atoms with E-state index < -0.39 is 5.97 Å². The van der Waals surface area contributed by atoms with Crippen LogP contribution in [-0.4, -0.2) is 21.0 Å². The summed E-state index contributed by atoms with van der Waals surface area (Å²) in [5, 5.41) is 10.9. The third-order valence-electron chi connectivity index (χ3n) is 5.59. The number of carboxylic acids is 1. The topological polar surface area (TPSA) is 68.9 Å². The summed E-state index contributed by atoms with van der Waals surface area (Å²) in [6, 6.07) is 8.21. The van der Waals surface area contributed by atoms with Crippen LogP contribution in [0.3, 0.4) is 0 Å². The Labute approximate surface area is 147 Å². The van der Waals surface area contributed by atoms with Crippen molar-refractivity contribution in [3.8, 4) is 11.3 Å². The molecule has 2 heterocycles. The summed E-state index contributed by atoms with van der Waals surface area (Å²) in [7, 11) is 0. The maximum absolute atomic E-state index is 12.0. The molecule has 1 saturated carbocycles. The molecule has 0 spiro atoms. The van der Waals surface area contributed by atoms with E-state index in [9.17, 15) is 9.90 Å². The van der Waals surface area contributed by atoms with Crippen molar-refractivity contribution in [1.29, 1.82) is 0 Å². The second-order valence-corrected chi connectivity index (χ2v) is 7.01. The lowest BCUT2D eigenvalue weighted by Crippen LogP contribution is -2.11. The van der Waals surface area contributed by atoms with Gasteiger partial charge in [-0.15, -0.1) is 0 Å². The highest BCUT2D eigenvalue weighted by atomic mass is 16.4. The molecule has 0 aliphatic heterocycles. The SMILES string of the molecule is CCc1c(-c2cccc3[nH]ccc23)[nH]c(C(=O)O)c1C1CCCCC1. The highest BCUT2D eigenvalue weighted by Gasteiger charge is 2.28. The Morgan fingerprint density at radius 1 is 1.20 bits per heavy atom. The van der Waals surface area contributed by atoms with Crippen LogP contribution in [0.2, 0.25) is 0 Å². The van der Waals surface area contributed by atoms with Crippen LogP contribution in [0.5, 0.6) is 0 Å². The van der Waals surface area contributed by atoms with Gasteiger partial charge in [0.15, 0.2) is 0 Å². The number of rotatable bonds is 4. The fourth-order valence-electron chi connectivity index (χ4n) is 4.46. The van der Waals surface area contributed by atoms with Crippen molar-refractivity contribution < 1.29 is 9.90 Å². The molecular formula is C21H24N2O2. The molecule has 25 heavy (non-hydrogen) atoms. The lowest BCUT2D eigenvalue weighted by molar-refractivity contribution is 0.0689. The molecule has 3 N–H and O–H groups in total. The van der Waals surface area contributed by atoms with E-state index in [2.05, 4.69) is 29.0 Å². The quantitative estimate of drug-likeness (QED) is 0.591. The average molecular weight is 336 g/mol. The minimum Gasteiger partial charge on any atom is -0.477 e. The minimum absolute atomic E-state index is 0.366. The Morgan fingerprint density at radius 2 is 2.00 bits per heavy atom. The van der Waals surface area contributed by atoms with Crippen molar-refractivity contribution >= 4 is 16.9 Å². The summed E-state index contributed by atoms with van der Waals surface area (Å²) >= 11 is 0. The molecule has 4 heteroatoms. The van der Waals surface area contributed by atoms with E-state index in [1.807, 2.05) is 18.3 Å². The molecule has 4 rings (SSSR count). The summed E-state index contributed by atoms with van der Waals surface area (Å²) in [6.07, 6.45) is 8.62. The number of benzene rings is 1. The number of nitrogens with one attached hydrogen (secondary N) is 2. The normalized spacial score (nSPS) is 15.7. The van der Waals surface area contributed by atoms with Gasteiger partial charge in [0.25, 0.3) is 0 Å². The van der Waals surface area contributed by atoms with Gasteiger partial charge in [0.1, 0.15) is 5.69 Å². The molecule has 0 bridgehead atoms. The summed E-state index contributed by atoms with van der Waals surface area (Å²) in [6.45, 7) is 2.13. The van der Waals surface area contributed by atoms with Crippen molar-refractivity contribution in [3.63, 3.8) is 0 Å². The summed E-state index contributed by atoms with van der Waals surface area (Å²) in [5.41, 5.74) is 5.76. The second-order valence-electron chi connectivity index (χ2n) is 7.01. The second kappa shape index (κ2) is 6.43. The Balaban J connectivity index is 1.94. The molecule has 0 unspecified atom stereocenters. The number of aromatic carboxylic acids is 1.